The summed E-state index contributed by atoms with van der Waals surface area (Å²) in [4.78, 5) is 36.2. The summed E-state index contributed by atoms with van der Waals surface area (Å²) in [5, 5.41) is 9.69. The average Bonchev–Trinajstić information content (AvgIpc) is 2.67. The number of halogens is 1. The fraction of sp³-hybridized carbons (Fsp3) is 0.200. The molecule has 28 heavy (non-hydrogen) atoms. The van der Waals surface area contributed by atoms with Gasteiger partial charge in [0.05, 0.1) is 17.5 Å². The number of aromatic nitrogens is 2. The number of aromatic amines is 1. The lowest BCUT2D eigenvalue weighted by molar-refractivity contribution is -0.152. The van der Waals surface area contributed by atoms with Crippen LogP contribution in [0, 0.1) is 12.7 Å². The van der Waals surface area contributed by atoms with E-state index in [-0.39, 0.29) is 17.7 Å². The van der Waals surface area contributed by atoms with E-state index in [1.807, 2.05) is 0 Å². The largest absolute Gasteiger partial charge is 0.452 e. The maximum Gasteiger partial charge on any atom is 0.312 e. The SMILES string of the molecule is Cc1ccc(NC(=O)[C@H](C)OC(=O)Cc2n[nH]c(=O)c3ccccc23)cc1F. The lowest BCUT2D eigenvalue weighted by Gasteiger charge is -2.14. The highest BCUT2D eigenvalue weighted by Gasteiger charge is 2.20. The van der Waals surface area contributed by atoms with Gasteiger partial charge in [0.15, 0.2) is 6.10 Å². The molecule has 0 unspecified atom stereocenters. The number of carbonyl (C=O) groups excluding carboxylic acids is 2. The normalized spacial score (nSPS) is 11.8. The summed E-state index contributed by atoms with van der Waals surface area (Å²) in [6.45, 7) is 3.02. The van der Waals surface area contributed by atoms with Crippen LogP contribution in [-0.4, -0.2) is 28.2 Å². The fourth-order valence-electron chi connectivity index (χ4n) is 2.65. The molecular weight excluding hydrogens is 365 g/mol. The van der Waals surface area contributed by atoms with Crippen molar-refractivity contribution < 1.29 is 18.7 Å². The van der Waals surface area contributed by atoms with Crippen LogP contribution in [0.25, 0.3) is 10.8 Å². The van der Waals surface area contributed by atoms with Crippen LogP contribution in [0.15, 0.2) is 47.3 Å². The maximum absolute atomic E-state index is 13.6. The minimum Gasteiger partial charge on any atom is -0.452 e. The third kappa shape index (κ3) is 4.22. The number of carbonyl (C=O) groups is 2. The number of nitrogens with zero attached hydrogens (tertiary/aromatic N) is 1. The number of fused-ring (bicyclic) bond motifs is 1. The molecule has 7 nitrogen and oxygen atoms in total. The molecule has 2 N–H and O–H groups in total. The molecular formula is C20H18FN3O4. The molecule has 0 aliphatic rings. The van der Waals surface area contributed by atoms with Crippen molar-refractivity contribution in [3.05, 3.63) is 69.9 Å². The Hall–Kier alpha value is -3.55. The molecule has 0 saturated carbocycles. The summed E-state index contributed by atoms with van der Waals surface area (Å²) in [6, 6.07) is 11.0. The van der Waals surface area contributed by atoms with Crippen molar-refractivity contribution >= 4 is 28.3 Å². The van der Waals surface area contributed by atoms with Gasteiger partial charge in [0.25, 0.3) is 11.5 Å². The molecule has 0 aliphatic carbocycles. The van der Waals surface area contributed by atoms with Crippen molar-refractivity contribution in [2.45, 2.75) is 26.4 Å². The van der Waals surface area contributed by atoms with Crippen molar-refractivity contribution in [1.82, 2.24) is 10.2 Å². The van der Waals surface area contributed by atoms with Crippen LogP contribution in [0.2, 0.25) is 0 Å². The molecule has 1 heterocycles. The van der Waals surface area contributed by atoms with Gasteiger partial charge in [0.2, 0.25) is 0 Å². The average molecular weight is 383 g/mol. The molecule has 8 heteroatoms. The van der Waals surface area contributed by atoms with Gasteiger partial charge in [-0.2, -0.15) is 5.10 Å². The number of hydrogen-bond donors (Lipinski definition) is 2. The van der Waals surface area contributed by atoms with Crippen molar-refractivity contribution in [2.75, 3.05) is 5.32 Å². The summed E-state index contributed by atoms with van der Waals surface area (Å²) >= 11 is 0. The van der Waals surface area contributed by atoms with Crippen LogP contribution in [0.3, 0.4) is 0 Å². The smallest absolute Gasteiger partial charge is 0.312 e. The highest BCUT2D eigenvalue weighted by atomic mass is 19.1. The second kappa shape index (κ2) is 7.99. The lowest BCUT2D eigenvalue weighted by Crippen LogP contribution is -2.30. The monoisotopic (exact) mass is 383 g/mol. The Morgan fingerprint density at radius 1 is 1.21 bits per heavy atom. The molecule has 1 amide bonds. The summed E-state index contributed by atoms with van der Waals surface area (Å²) in [5.41, 5.74) is 0.710. The maximum atomic E-state index is 13.6. The van der Waals surface area contributed by atoms with E-state index in [0.29, 0.717) is 22.0 Å². The summed E-state index contributed by atoms with van der Waals surface area (Å²) in [6.07, 6.45) is -1.31. The Morgan fingerprint density at radius 3 is 2.64 bits per heavy atom. The van der Waals surface area contributed by atoms with Crippen LogP contribution < -0.4 is 10.9 Å². The molecule has 3 aromatic rings. The van der Waals surface area contributed by atoms with Crippen molar-refractivity contribution in [1.29, 1.82) is 0 Å². The van der Waals surface area contributed by atoms with Gasteiger partial charge in [-0.15, -0.1) is 0 Å². The van der Waals surface area contributed by atoms with Crippen LogP contribution in [0.4, 0.5) is 10.1 Å². The minimum absolute atomic E-state index is 0.214. The summed E-state index contributed by atoms with van der Waals surface area (Å²) < 4.78 is 18.7. The first-order valence-corrected chi connectivity index (χ1v) is 8.58. The number of nitrogens with one attached hydrogen (secondary N) is 2. The summed E-state index contributed by atoms with van der Waals surface area (Å²) in [7, 11) is 0. The molecule has 1 atom stereocenters. The van der Waals surface area contributed by atoms with E-state index in [0.717, 1.165) is 0 Å². The van der Waals surface area contributed by atoms with E-state index in [2.05, 4.69) is 15.5 Å². The molecule has 0 spiro atoms. The number of anilines is 1. The zero-order valence-corrected chi connectivity index (χ0v) is 15.3. The number of ether oxygens (including phenoxy) is 1. The van der Waals surface area contributed by atoms with Gasteiger partial charge in [-0.05, 0) is 37.6 Å². The van der Waals surface area contributed by atoms with Crippen LogP contribution in [0.1, 0.15) is 18.2 Å². The molecule has 144 valence electrons. The quantitative estimate of drug-likeness (QED) is 0.659. The first-order chi connectivity index (χ1) is 13.3. The van der Waals surface area contributed by atoms with E-state index in [1.165, 1.54) is 19.1 Å². The van der Waals surface area contributed by atoms with Crippen LogP contribution in [-0.2, 0) is 20.7 Å². The van der Waals surface area contributed by atoms with Gasteiger partial charge in [0, 0.05) is 11.1 Å². The van der Waals surface area contributed by atoms with Crippen LogP contribution in [0.5, 0.6) is 0 Å². The number of esters is 1. The predicted molar refractivity (Wildman–Crippen MR) is 101 cm³/mol. The third-order valence-electron chi connectivity index (χ3n) is 4.20. The Bertz CT molecular complexity index is 1110. The zero-order valence-electron chi connectivity index (χ0n) is 15.3. The van der Waals surface area contributed by atoms with Crippen molar-refractivity contribution in [3.8, 4) is 0 Å². The van der Waals surface area contributed by atoms with E-state index < -0.39 is 23.8 Å². The Balaban J connectivity index is 1.66. The molecule has 1 aromatic heterocycles. The highest BCUT2D eigenvalue weighted by Crippen LogP contribution is 2.15. The molecule has 0 fully saturated rings. The number of amides is 1. The third-order valence-corrected chi connectivity index (χ3v) is 4.20. The second-order valence-corrected chi connectivity index (χ2v) is 6.31. The first-order valence-electron chi connectivity index (χ1n) is 8.58. The van der Waals surface area contributed by atoms with Gasteiger partial charge in [-0.3, -0.25) is 14.4 Å². The molecule has 0 aliphatic heterocycles. The lowest BCUT2D eigenvalue weighted by atomic mass is 10.1. The van der Waals surface area contributed by atoms with E-state index >= 15 is 0 Å². The van der Waals surface area contributed by atoms with Crippen LogP contribution >= 0.6 is 0 Å². The summed E-state index contributed by atoms with van der Waals surface area (Å²) in [5.74, 6) is -1.71. The zero-order chi connectivity index (χ0) is 20.3. The van der Waals surface area contributed by atoms with Gasteiger partial charge >= 0.3 is 5.97 Å². The predicted octanol–water partition coefficient (Wildman–Crippen LogP) is 2.48. The van der Waals surface area contributed by atoms with E-state index in [9.17, 15) is 18.8 Å². The Kier molecular flexibility index (Phi) is 5.49. The van der Waals surface area contributed by atoms with E-state index in [1.54, 1.807) is 37.3 Å². The van der Waals surface area contributed by atoms with Crippen molar-refractivity contribution in [3.63, 3.8) is 0 Å². The van der Waals surface area contributed by atoms with Crippen molar-refractivity contribution in [2.24, 2.45) is 0 Å². The molecule has 0 saturated heterocycles. The number of rotatable bonds is 5. The molecule has 0 radical (unpaired) electrons. The topological polar surface area (TPSA) is 101 Å². The van der Waals surface area contributed by atoms with Gasteiger partial charge in [0.1, 0.15) is 5.82 Å². The first kappa shape index (κ1) is 19.2. The van der Waals surface area contributed by atoms with E-state index in [4.69, 9.17) is 4.74 Å². The minimum atomic E-state index is -1.09. The van der Waals surface area contributed by atoms with Gasteiger partial charge < -0.3 is 10.1 Å². The number of benzene rings is 2. The Morgan fingerprint density at radius 2 is 1.93 bits per heavy atom. The molecule has 0 bridgehead atoms. The fourth-order valence-corrected chi connectivity index (χ4v) is 2.65. The molecule has 2 aromatic carbocycles. The number of aryl methyl sites for hydroxylation is 1. The highest BCUT2D eigenvalue weighted by molar-refractivity contribution is 5.95. The Labute approximate surface area is 159 Å². The second-order valence-electron chi connectivity index (χ2n) is 6.31. The van der Waals surface area contributed by atoms with Gasteiger partial charge in [-0.1, -0.05) is 24.3 Å². The molecule has 3 rings (SSSR count). The number of hydrogen-bond acceptors (Lipinski definition) is 5. The van der Waals surface area contributed by atoms with Gasteiger partial charge in [-0.25, -0.2) is 9.49 Å². The number of H-pyrrole nitrogens is 1. The standard InChI is InChI=1S/C20H18FN3O4/c1-11-7-8-13(9-16(11)21)22-19(26)12(2)28-18(25)10-17-14-5-3-4-6-15(14)20(27)24-23-17/h3-9,12H,10H2,1-2H3,(H,22,26)(H,24,27)/t12-/m0/s1.